The van der Waals surface area contributed by atoms with Gasteiger partial charge in [-0.15, -0.1) is 0 Å². The molecule has 0 aliphatic rings. The van der Waals surface area contributed by atoms with Crippen molar-refractivity contribution in [2.45, 2.75) is 3.12 Å². The van der Waals surface area contributed by atoms with Crippen molar-refractivity contribution < 1.29 is 17.6 Å². The van der Waals surface area contributed by atoms with Gasteiger partial charge in [0.2, 0.25) is 5.78 Å². The molecule has 16 heavy (non-hydrogen) atoms. The second-order valence-electron chi connectivity index (χ2n) is 3.12. The standard InChI is InChI=1S/C9H7BrClFO3S/c1-16(14,15)9(10,11)8(13)6-2-4-7(12)5-3-6/h2-5H,1H3/t9-/m1/s1. The van der Waals surface area contributed by atoms with Crippen molar-refractivity contribution in [1.29, 1.82) is 0 Å². The van der Waals surface area contributed by atoms with Gasteiger partial charge in [0.15, 0.2) is 9.84 Å². The van der Waals surface area contributed by atoms with Gasteiger partial charge in [-0.05, 0) is 40.2 Å². The van der Waals surface area contributed by atoms with Crippen LogP contribution in [0.25, 0.3) is 0 Å². The highest BCUT2D eigenvalue weighted by atomic mass is 79.9. The lowest BCUT2D eigenvalue weighted by atomic mass is 10.1. The molecule has 0 heterocycles. The van der Waals surface area contributed by atoms with Gasteiger partial charge >= 0.3 is 0 Å². The van der Waals surface area contributed by atoms with Gasteiger partial charge in [-0.3, -0.25) is 4.79 Å². The monoisotopic (exact) mass is 328 g/mol. The van der Waals surface area contributed by atoms with Gasteiger partial charge in [-0.2, -0.15) is 0 Å². The molecule has 0 bridgehead atoms. The fourth-order valence-corrected chi connectivity index (χ4v) is 1.73. The molecule has 0 saturated heterocycles. The number of carbonyl (C=O) groups is 1. The summed E-state index contributed by atoms with van der Waals surface area (Å²) in [6, 6.07) is 4.44. The number of carbonyl (C=O) groups excluding carboxylic acids is 1. The van der Waals surface area contributed by atoms with Crippen molar-refractivity contribution in [2.24, 2.45) is 0 Å². The Morgan fingerprint density at radius 1 is 1.38 bits per heavy atom. The third kappa shape index (κ3) is 2.61. The molecule has 7 heteroatoms. The zero-order valence-corrected chi connectivity index (χ0v) is 11.2. The van der Waals surface area contributed by atoms with Crippen LogP contribution in [0.3, 0.4) is 0 Å². The van der Waals surface area contributed by atoms with Crippen LogP contribution in [0.15, 0.2) is 24.3 Å². The largest absolute Gasteiger partial charge is 0.290 e. The van der Waals surface area contributed by atoms with Crippen molar-refractivity contribution in [3.63, 3.8) is 0 Å². The third-order valence-corrected chi connectivity index (χ3v) is 6.09. The third-order valence-electron chi connectivity index (χ3n) is 1.84. The maximum atomic E-state index is 12.6. The summed E-state index contributed by atoms with van der Waals surface area (Å²) in [7, 11) is -3.82. The van der Waals surface area contributed by atoms with Crippen LogP contribution in [0.2, 0.25) is 0 Å². The summed E-state index contributed by atoms with van der Waals surface area (Å²) in [5.74, 6) is -1.37. The molecule has 0 amide bonds. The molecule has 0 fully saturated rings. The quantitative estimate of drug-likeness (QED) is 0.632. The second-order valence-corrected chi connectivity index (χ2v) is 8.24. The molecular weight excluding hydrogens is 323 g/mol. The lowest BCUT2D eigenvalue weighted by Gasteiger charge is -2.16. The zero-order chi connectivity index (χ0) is 12.6. The first kappa shape index (κ1) is 13.6. The van der Waals surface area contributed by atoms with E-state index in [2.05, 4.69) is 15.9 Å². The first-order valence-electron chi connectivity index (χ1n) is 4.04. The molecule has 88 valence electrons. The van der Waals surface area contributed by atoms with Crippen LogP contribution in [0.4, 0.5) is 4.39 Å². The van der Waals surface area contributed by atoms with E-state index in [0.29, 0.717) is 0 Å². The maximum absolute atomic E-state index is 12.6. The van der Waals surface area contributed by atoms with E-state index in [-0.39, 0.29) is 5.56 Å². The van der Waals surface area contributed by atoms with Gasteiger partial charge < -0.3 is 0 Å². The smallest absolute Gasteiger partial charge is 0.261 e. The number of hydrogen-bond donors (Lipinski definition) is 0. The van der Waals surface area contributed by atoms with Crippen LogP contribution in [0.5, 0.6) is 0 Å². The van der Waals surface area contributed by atoms with E-state index >= 15 is 0 Å². The second kappa shape index (κ2) is 4.43. The summed E-state index contributed by atoms with van der Waals surface area (Å²) in [5, 5.41) is 0. The van der Waals surface area contributed by atoms with Gasteiger partial charge in [-0.25, -0.2) is 12.8 Å². The number of hydrogen-bond acceptors (Lipinski definition) is 3. The highest BCUT2D eigenvalue weighted by Crippen LogP contribution is 2.33. The molecular formula is C9H7BrClFO3S. The van der Waals surface area contributed by atoms with E-state index in [0.717, 1.165) is 18.4 Å². The molecule has 0 spiro atoms. The van der Waals surface area contributed by atoms with Crippen LogP contribution in [-0.2, 0) is 9.84 Å². The summed E-state index contributed by atoms with van der Waals surface area (Å²) >= 11 is 8.28. The average molecular weight is 330 g/mol. The molecule has 0 aliphatic heterocycles. The topological polar surface area (TPSA) is 51.2 Å². The van der Waals surface area contributed by atoms with Gasteiger partial charge in [0, 0.05) is 11.8 Å². The average Bonchev–Trinajstić information content (AvgIpc) is 2.16. The SMILES string of the molecule is CS(=O)(=O)[C@@](Cl)(Br)C(=O)c1ccc(F)cc1. The molecule has 0 unspecified atom stereocenters. The maximum Gasteiger partial charge on any atom is 0.261 e. The van der Waals surface area contributed by atoms with Crippen LogP contribution in [0, 0.1) is 5.82 Å². The van der Waals surface area contributed by atoms with Gasteiger partial charge in [-0.1, -0.05) is 11.6 Å². The Labute approximate surface area is 106 Å². The predicted octanol–water partition coefficient (Wildman–Crippen LogP) is 2.34. The van der Waals surface area contributed by atoms with Crippen LogP contribution in [0.1, 0.15) is 10.4 Å². The van der Waals surface area contributed by atoms with Crippen LogP contribution >= 0.6 is 27.5 Å². The number of sulfone groups is 1. The Bertz CT molecular complexity index is 510. The molecule has 3 nitrogen and oxygen atoms in total. The van der Waals surface area contributed by atoms with Crippen molar-refractivity contribution in [3.8, 4) is 0 Å². The lowest BCUT2D eigenvalue weighted by molar-refractivity contribution is 0.1000. The number of halogens is 3. The number of Topliss-reactive ketones (excluding diaryl/α,β-unsaturated/α-hetero) is 1. The summed E-state index contributed by atoms with van der Waals surface area (Å²) in [6.07, 6.45) is 0.830. The van der Waals surface area contributed by atoms with E-state index in [1.807, 2.05) is 0 Å². The molecule has 1 rings (SSSR count). The minimum Gasteiger partial charge on any atom is -0.290 e. The Balaban J connectivity index is 3.18. The number of alkyl halides is 2. The fourth-order valence-electron chi connectivity index (χ4n) is 0.938. The Kier molecular flexibility index (Phi) is 3.76. The van der Waals surface area contributed by atoms with Crippen molar-refractivity contribution >= 4 is 43.2 Å². The van der Waals surface area contributed by atoms with Crippen molar-refractivity contribution in [1.82, 2.24) is 0 Å². The number of benzene rings is 1. The molecule has 0 saturated carbocycles. The predicted molar refractivity (Wildman–Crippen MR) is 63.1 cm³/mol. The van der Waals surface area contributed by atoms with E-state index in [1.165, 1.54) is 12.1 Å². The number of rotatable bonds is 3. The molecule has 0 aliphatic carbocycles. The van der Waals surface area contributed by atoms with E-state index in [4.69, 9.17) is 11.6 Å². The van der Waals surface area contributed by atoms with Gasteiger partial charge in [0.1, 0.15) is 5.82 Å². The molecule has 0 N–H and O–H groups in total. The Morgan fingerprint density at radius 2 is 1.81 bits per heavy atom. The van der Waals surface area contributed by atoms with Crippen molar-refractivity contribution in [2.75, 3.05) is 6.26 Å². The highest BCUT2D eigenvalue weighted by Gasteiger charge is 2.44. The summed E-state index contributed by atoms with van der Waals surface area (Å²) in [6.45, 7) is 0. The fraction of sp³-hybridized carbons (Fsp3) is 0.222. The molecule has 0 aromatic heterocycles. The lowest BCUT2D eigenvalue weighted by Crippen LogP contribution is -2.34. The molecule has 1 aromatic carbocycles. The minimum absolute atomic E-state index is 0.0127. The summed E-state index contributed by atoms with van der Waals surface area (Å²) in [5.41, 5.74) is 0.0127. The van der Waals surface area contributed by atoms with E-state index < -0.39 is 24.6 Å². The highest BCUT2D eigenvalue weighted by molar-refractivity contribution is 9.12. The van der Waals surface area contributed by atoms with Gasteiger partial charge in [0.05, 0.1) is 0 Å². The van der Waals surface area contributed by atoms with Crippen LogP contribution in [-0.4, -0.2) is 23.6 Å². The first-order chi connectivity index (χ1) is 7.16. The molecule has 1 atom stereocenters. The van der Waals surface area contributed by atoms with E-state index in [9.17, 15) is 17.6 Å². The molecule has 0 radical (unpaired) electrons. The Morgan fingerprint density at radius 3 is 2.19 bits per heavy atom. The van der Waals surface area contributed by atoms with Crippen LogP contribution < -0.4 is 0 Å². The van der Waals surface area contributed by atoms with Crippen molar-refractivity contribution in [3.05, 3.63) is 35.6 Å². The normalized spacial score (nSPS) is 15.5. The summed E-state index contributed by atoms with van der Waals surface area (Å²) in [4.78, 5) is 11.7. The minimum atomic E-state index is -3.82. The molecule has 1 aromatic rings. The first-order valence-corrected chi connectivity index (χ1v) is 7.10. The Hall–Kier alpha value is -0.460. The van der Waals surface area contributed by atoms with Gasteiger partial charge in [0.25, 0.3) is 3.12 Å². The van der Waals surface area contributed by atoms with E-state index in [1.54, 1.807) is 0 Å². The summed E-state index contributed by atoms with van der Waals surface area (Å²) < 4.78 is 32.9. The zero-order valence-electron chi connectivity index (χ0n) is 8.08. The number of ketones is 1.